The van der Waals surface area contributed by atoms with E-state index in [9.17, 15) is 5.11 Å². The molecule has 4 nitrogen and oxygen atoms in total. The molecule has 2 aliphatic heterocycles. The summed E-state index contributed by atoms with van der Waals surface area (Å²) in [7, 11) is 4.24. The molecule has 3 rings (SSSR count). The molecule has 25 heavy (non-hydrogen) atoms. The van der Waals surface area contributed by atoms with Crippen molar-refractivity contribution in [1.29, 1.82) is 0 Å². The van der Waals surface area contributed by atoms with Crippen molar-refractivity contribution in [2.24, 2.45) is 11.8 Å². The first-order valence-corrected chi connectivity index (χ1v) is 10.8. The van der Waals surface area contributed by atoms with Crippen LogP contribution in [0.4, 0.5) is 0 Å². The van der Waals surface area contributed by atoms with E-state index in [-0.39, 0.29) is 0 Å². The van der Waals surface area contributed by atoms with Crippen LogP contribution in [0.1, 0.15) is 36.1 Å². The molecule has 142 valence electrons. The Labute approximate surface area is 157 Å². The molecule has 0 radical (unpaired) electrons. The van der Waals surface area contributed by atoms with Gasteiger partial charge in [-0.1, -0.05) is 12.8 Å². The Balaban J connectivity index is 1.52. The second-order valence-corrected chi connectivity index (χ2v) is 9.27. The van der Waals surface area contributed by atoms with Crippen LogP contribution in [0.25, 0.3) is 0 Å². The number of thiophene rings is 1. The molecule has 1 aromatic heterocycles. The van der Waals surface area contributed by atoms with E-state index < -0.39 is 0 Å². The maximum Gasteiger partial charge on any atom is 0.0475 e. The first kappa shape index (κ1) is 19.3. The van der Waals surface area contributed by atoms with Crippen LogP contribution in [-0.4, -0.2) is 73.2 Å². The molecule has 3 heterocycles. The van der Waals surface area contributed by atoms with Crippen LogP contribution in [0.3, 0.4) is 0 Å². The lowest BCUT2D eigenvalue weighted by Gasteiger charge is -2.26. The average molecular weight is 366 g/mol. The van der Waals surface area contributed by atoms with Gasteiger partial charge >= 0.3 is 0 Å². The van der Waals surface area contributed by atoms with Crippen LogP contribution in [0, 0.1) is 11.8 Å². The van der Waals surface area contributed by atoms with Gasteiger partial charge in [-0.2, -0.15) is 0 Å². The Morgan fingerprint density at radius 3 is 2.48 bits per heavy atom. The average Bonchev–Trinajstić information content (AvgIpc) is 3.06. The highest BCUT2D eigenvalue weighted by molar-refractivity contribution is 7.10. The van der Waals surface area contributed by atoms with Gasteiger partial charge in [-0.3, -0.25) is 4.90 Å². The predicted octanol–water partition coefficient (Wildman–Crippen LogP) is 2.73. The molecule has 0 aromatic carbocycles. The maximum atomic E-state index is 9.86. The second-order valence-electron chi connectivity index (χ2n) is 8.27. The maximum absolute atomic E-state index is 9.86. The van der Waals surface area contributed by atoms with Gasteiger partial charge in [0.05, 0.1) is 0 Å². The lowest BCUT2D eigenvalue weighted by Crippen LogP contribution is -2.34. The van der Waals surface area contributed by atoms with Crippen LogP contribution in [0.2, 0.25) is 0 Å². The molecule has 0 spiro atoms. The molecule has 1 N–H and O–H groups in total. The molecule has 2 fully saturated rings. The summed E-state index contributed by atoms with van der Waals surface area (Å²) in [5, 5.41) is 12.2. The molecule has 2 saturated heterocycles. The molecule has 0 bridgehead atoms. The van der Waals surface area contributed by atoms with Gasteiger partial charge in [0.2, 0.25) is 0 Å². The van der Waals surface area contributed by atoms with Gasteiger partial charge < -0.3 is 14.9 Å². The third kappa shape index (κ3) is 5.76. The van der Waals surface area contributed by atoms with Crippen molar-refractivity contribution < 1.29 is 5.11 Å². The highest BCUT2D eigenvalue weighted by Gasteiger charge is 2.33. The fourth-order valence-corrected chi connectivity index (χ4v) is 5.33. The molecule has 5 heteroatoms. The van der Waals surface area contributed by atoms with Gasteiger partial charge in [-0.25, -0.2) is 0 Å². The van der Waals surface area contributed by atoms with E-state index in [0.29, 0.717) is 18.4 Å². The van der Waals surface area contributed by atoms with Gasteiger partial charge in [0, 0.05) is 44.2 Å². The van der Waals surface area contributed by atoms with E-state index in [0.717, 1.165) is 26.2 Å². The van der Waals surface area contributed by atoms with Crippen molar-refractivity contribution in [2.75, 3.05) is 53.4 Å². The second kappa shape index (κ2) is 9.47. The number of aliphatic hydroxyl groups is 1. The van der Waals surface area contributed by atoms with Crippen molar-refractivity contribution in [2.45, 2.75) is 38.8 Å². The van der Waals surface area contributed by atoms with Gasteiger partial charge in [0.25, 0.3) is 0 Å². The number of hydrogen-bond donors (Lipinski definition) is 1. The Morgan fingerprint density at radius 1 is 1.08 bits per heavy atom. The van der Waals surface area contributed by atoms with Gasteiger partial charge in [0.1, 0.15) is 0 Å². The van der Waals surface area contributed by atoms with E-state index in [1.807, 2.05) is 11.3 Å². The van der Waals surface area contributed by atoms with Crippen molar-refractivity contribution in [3.63, 3.8) is 0 Å². The fraction of sp³-hybridized carbons (Fsp3) is 0.800. The zero-order valence-corrected chi connectivity index (χ0v) is 16.8. The summed E-state index contributed by atoms with van der Waals surface area (Å²) < 4.78 is 0. The summed E-state index contributed by atoms with van der Waals surface area (Å²) in [4.78, 5) is 8.91. The summed E-state index contributed by atoms with van der Waals surface area (Å²) in [6.45, 7) is 8.29. The number of aliphatic hydroxyl groups excluding tert-OH is 1. The highest BCUT2D eigenvalue weighted by Crippen LogP contribution is 2.28. The van der Waals surface area contributed by atoms with E-state index in [2.05, 4.69) is 40.2 Å². The number of likely N-dealkylation sites (tertiary alicyclic amines) is 2. The SMILES string of the molecule is CN(C)Cc1csc(CN2C[C@@H](CN3CCCCCC3)[C@@H](CO)C2)c1. The van der Waals surface area contributed by atoms with Gasteiger partial charge in [-0.15, -0.1) is 11.3 Å². The fourth-order valence-electron chi connectivity index (χ4n) is 4.41. The minimum Gasteiger partial charge on any atom is -0.396 e. The minimum atomic E-state index is 0.339. The molecular weight excluding hydrogens is 330 g/mol. The number of hydrogen-bond acceptors (Lipinski definition) is 5. The summed E-state index contributed by atoms with van der Waals surface area (Å²) in [6, 6.07) is 2.36. The predicted molar refractivity (Wildman–Crippen MR) is 106 cm³/mol. The van der Waals surface area contributed by atoms with Crippen LogP contribution in [0.15, 0.2) is 11.4 Å². The first-order chi connectivity index (χ1) is 12.1. The number of nitrogens with zero attached hydrogens (tertiary/aromatic N) is 3. The largest absolute Gasteiger partial charge is 0.396 e. The molecule has 0 unspecified atom stereocenters. The van der Waals surface area contributed by atoms with Crippen LogP contribution >= 0.6 is 11.3 Å². The lowest BCUT2D eigenvalue weighted by molar-refractivity contribution is 0.165. The molecular formula is C20H35N3OS. The summed E-state index contributed by atoms with van der Waals surface area (Å²) >= 11 is 1.89. The minimum absolute atomic E-state index is 0.339. The molecule has 2 aliphatic rings. The summed E-state index contributed by atoms with van der Waals surface area (Å²) in [5.74, 6) is 1.08. The van der Waals surface area contributed by atoms with Gasteiger partial charge in [0.15, 0.2) is 0 Å². The van der Waals surface area contributed by atoms with Crippen LogP contribution in [0.5, 0.6) is 0 Å². The standard InChI is InChI=1S/C20H35N3OS/c1-21(2)10-17-9-20(25-16-17)14-23-12-18(19(13-23)15-24)11-22-7-5-3-4-6-8-22/h9,16,18-19,24H,3-8,10-15H2,1-2H3/t18-,19-/m1/s1. The monoisotopic (exact) mass is 365 g/mol. The quantitative estimate of drug-likeness (QED) is 0.805. The lowest BCUT2D eigenvalue weighted by atomic mass is 9.96. The zero-order chi connectivity index (χ0) is 17.6. The van der Waals surface area contributed by atoms with Crippen molar-refractivity contribution >= 4 is 11.3 Å². The molecule has 0 saturated carbocycles. The van der Waals surface area contributed by atoms with Crippen molar-refractivity contribution in [3.05, 3.63) is 21.9 Å². The van der Waals surface area contributed by atoms with Crippen LogP contribution < -0.4 is 0 Å². The van der Waals surface area contributed by atoms with Crippen LogP contribution in [-0.2, 0) is 13.1 Å². The summed E-state index contributed by atoms with van der Waals surface area (Å²) in [6.07, 6.45) is 5.49. The van der Waals surface area contributed by atoms with E-state index >= 15 is 0 Å². The molecule has 0 amide bonds. The summed E-state index contributed by atoms with van der Waals surface area (Å²) in [5.41, 5.74) is 1.42. The number of rotatable bonds is 7. The Hall–Kier alpha value is -0.460. The Morgan fingerprint density at radius 2 is 1.80 bits per heavy atom. The topological polar surface area (TPSA) is 30.0 Å². The molecule has 2 atom stereocenters. The first-order valence-electron chi connectivity index (χ1n) is 9.90. The Bertz CT molecular complexity index is 511. The highest BCUT2D eigenvalue weighted by atomic mass is 32.1. The van der Waals surface area contributed by atoms with Gasteiger partial charge in [-0.05, 0) is 68.9 Å². The normalized spacial score (nSPS) is 26.4. The van der Waals surface area contributed by atoms with E-state index in [1.165, 1.54) is 55.8 Å². The molecule has 1 aromatic rings. The third-order valence-corrected chi connectivity index (χ3v) is 6.63. The zero-order valence-electron chi connectivity index (χ0n) is 16.0. The van der Waals surface area contributed by atoms with E-state index in [4.69, 9.17) is 0 Å². The van der Waals surface area contributed by atoms with E-state index in [1.54, 1.807) is 0 Å². The Kier molecular flexibility index (Phi) is 7.31. The smallest absolute Gasteiger partial charge is 0.0475 e. The van der Waals surface area contributed by atoms with Crippen molar-refractivity contribution in [1.82, 2.24) is 14.7 Å². The van der Waals surface area contributed by atoms with Crippen molar-refractivity contribution in [3.8, 4) is 0 Å². The third-order valence-electron chi connectivity index (χ3n) is 5.66. The molecule has 0 aliphatic carbocycles.